The van der Waals surface area contributed by atoms with Gasteiger partial charge in [-0.15, -0.1) is 0 Å². The summed E-state index contributed by atoms with van der Waals surface area (Å²) in [7, 11) is 5.51. The zero-order valence-corrected chi connectivity index (χ0v) is 21.4. The Balaban J connectivity index is 1.54. The van der Waals surface area contributed by atoms with E-state index >= 15 is 0 Å². The van der Waals surface area contributed by atoms with Gasteiger partial charge in [-0.05, 0) is 37.3 Å². The SMILES string of the molecule is C[C@H](CO)N1C[C@H](C)[C@H](CN(C)C(=O)Nc2ccc3c(c2)OCO3)Oc2ccc(N(C)C)cc2C1=O. The summed E-state index contributed by atoms with van der Waals surface area (Å²) in [5, 5.41) is 12.7. The van der Waals surface area contributed by atoms with Crippen molar-refractivity contribution in [2.75, 3.05) is 57.8 Å². The molecule has 2 aliphatic rings. The molecule has 2 aromatic rings. The zero-order chi connectivity index (χ0) is 26.0. The number of rotatable bonds is 6. The number of aliphatic hydroxyl groups is 1. The molecule has 0 aliphatic carbocycles. The number of hydrogen-bond acceptors (Lipinski definition) is 7. The van der Waals surface area contributed by atoms with Crippen LogP contribution >= 0.6 is 0 Å². The van der Waals surface area contributed by atoms with Gasteiger partial charge in [-0.25, -0.2) is 4.79 Å². The molecule has 0 aromatic heterocycles. The van der Waals surface area contributed by atoms with Gasteiger partial charge < -0.3 is 39.3 Å². The van der Waals surface area contributed by atoms with E-state index in [0.717, 1.165) is 5.69 Å². The molecule has 2 N–H and O–H groups in total. The van der Waals surface area contributed by atoms with Crippen molar-refractivity contribution in [3.8, 4) is 17.2 Å². The quantitative estimate of drug-likeness (QED) is 0.631. The van der Waals surface area contributed by atoms with Crippen LogP contribution in [0, 0.1) is 5.92 Å². The number of hydrogen-bond donors (Lipinski definition) is 2. The molecule has 0 bridgehead atoms. The van der Waals surface area contributed by atoms with Crippen LogP contribution in [0.5, 0.6) is 17.2 Å². The van der Waals surface area contributed by atoms with E-state index < -0.39 is 0 Å². The first-order chi connectivity index (χ1) is 17.2. The number of fused-ring (bicyclic) bond motifs is 2. The first-order valence-corrected chi connectivity index (χ1v) is 12.0. The highest BCUT2D eigenvalue weighted by Crippen LogP contribution is 2.34. The van der Waals surface area contributed by atoms with E-state index in [-0.39, 0.29) is 43.4 Å². The normalized spacial score (nSPS) is 19.5. The van der Waals surface area contributed by atoms with Gasteiger partial charge in [0.15, 0.2) is 11.5 Å². The fourth-order valence-corrected chi connectivity index (χ4v) is 4.25. The van der Waals surface area contributed by atoms with Crippen molar-refractivity contribution in [3.05, 3.63) is 42.0 Å². The molecule has 0 spiro atoms. The molecule has 0 unspecified atom stereocenters. The number of nitrogens with zero attached hydrogens (tertiary/aromatic N) is 3. The van der Waals surface area contributed by atoms with Gasteiger partial charge in [0, 0.05) is 51.0 Å². The molecule has 0 fully saturated rings. The highest BCUT2D eigenvalue weighted by molar-refractivity contribution is 5.98. The lowest BCUT2D eigenvalue weighted by molar-refractivity contribution is 0.0371. The van der Waals surface area contributed by atoms with Gasteiger partial charge in [0.25, 0.3) is 5.91 Å². The fourth-order valence-electron chi connectivity index (χ4n) is 4.25. The van der Waals surface area contributed by atoms with Crippen LogP contribution in [-0.4, -0.2) is 86.6 Å². The van der Waals surface area contributed by atoms with Gasteiger partial charge in [0.05, 0.1) is 24.8 Å². The Morgan fingerprint density at radius 1 is 1.14 bits per heavy atom. The molecule has 2 aliphatic heterocycles. The highest BCUT2D eigenvalue weighted by Gasteiger charge is 2.34. The largest absolute Gasteiger partial charge is 0.487 e. The lowest BCUT2D eigenvalue weighted by Gasteiger charge is -2.38. The summed E-state index contributed by atoms with van der Waals surface area (Å²) < 4.78 is 17.1. The topological polar surface area (TPSA) is 104 Å². The molecule has 0 saturated heterocycles. The Bertz CT molecular complexity index is 1120. The predicted molar refractivity (Wildman–Crippen MR) is 136 cm³/mol. The summed E-state index contributed by atoms with van der Waals surface area (Å²) in [4.78, 5) is 31.6. The van der Waals surface area contributed by atoms with Crippen LogP contribution in [0.4, 0.5) is 16.2 Å². The van der Waals surface area contributed by atoms with Crippen molar-refractivity contribution in [1.82, 2.24) is 9.80 Å². The number of likely N-dealkylation sites (N-methyl/N-ethyl adjacent to an activating group) is 1. The van der Waals surface area contributed by atoms with Crippen LogP contribution in [0.1, 0.15) is 24.2 Å². The number of benzene rings is 2. The number of anilines is 2. The number of carbonyl (C=O) groups is 2. The standard InChI is InChI=1S/C26H34N4O6/c1-16-12-30(17(2)14-31)25(32)20-11-19(28(3)4)7-9-21(20)36-24(16)13-29(5)26(33)27-18-6-8-22-23(10-18)35-15-34-22/h6-11,16-17,24,31H,12-15H2,1-5H3,(H,27,33)/t16-,17+,24-/m0/s1. The maximum atomic E-state index is 13.5. The number of ether oxygens (including phenoxy) is 3. The number of carbonyl (C=O) groups excluding carboxylic acids is 2. The molecule has 194 valence electrons. The third-order valence-electron chi connectivity index (χ3n) is 6.59. The van der Waals surface area contributed by atoms with Crippen LogP contribution < -0.4 is 24.4 Å². The van der Waals surface area contributed by atoms with Crippen LogP contribution in [0.25, 0.3) is 0 Å². The molecule has 36 heavy (non-hydrogen) atoms. The molecule has 3 atom stereocenters. The minimum absolute atomic E-state index is 0.106. The molecule has 2 heterocycles. The number of nitrogens with one attached hydrogen (secondary N) is 1. The van der Waals surface area contributed by atoms with Crippen molar-refractivity contribution < 1.29 is 28.9 Å². The summed E-state index contributed by atoms with van der Waals surface area (Å²) in [6.07, 6.45) is -0.386. The lowest BCUT2D eigenvalue weighted by Crippen LogP contribution is -2.50. The molecule has 0 radical (unpaired) electrons. The highest BCUT2D eigenvalue weighted by atomic mass is 16.7. The Morgan fingerprint density at radius 3 is 2.58 bits per heavy atom. The summed E-state index contributed by atoms with van der Waals surface area (Å²) in [6, 6.07) is 10.1. The monoisotopic (exact) mass is 498 g/mol. The third-order valence-corrected chi connectivity index (χ3v) is 6.59. The zero-order valence-electron chi connectivity index (χ0n) is 21.4. The van der Waals surface area contributed by atoms with E-state index in [2.05, 4.69) is 5.32 Å². The maximum Gasteiger partial charge on any atom is 0.321 e. The molecule has 10 heteroatoms. The van der Waals surface area contributed by atoms with Gasteiger partial charge in [-0.2, -0.15) is 0 Å². The van der Waals surface area contributed by atoms with Gasteiger partial charge >= 0.3 is 6.03 Å². The van der Waals surface area contributed by atoms with Gasteiger partial charge in [0.2, 0.25) is 6.79 Å². The Hall–Kier alpha value is -3.66. The van der Waals surface area contributed by atoms with Gasteiger partial charge in [0.1, 0.15) is 11.9 Å². The van der Waals surface area contributed by atoms with E-state index in [4.69, 9.17) is 14.2 Å². The first kappa shape index (κ1) is 25.4. The second-order valence-electron chi connectivity index (χ2n) is 9.58. The van der Waals surface area contributed by atoms with E-state index in [9.17, 15) is 14.7 Å². The summed E-state index contributed by atoms with van der Waals surface area (Å²) >= 11 is 0. The molecular formula is C26H34N4O6. The van der Waals surface area contributed by atoms with Gasteiger partial charge in [-0.3, -0.25) is 4.79 Å². The van der Waals surface area contributed by atoms with E-state index in [1.165, 1.54) is 0 Å². The van der Waals surface area contributed by atoms with Crippen LogP contribution in [-0.2, 0) is 0 Å². The average molecular weight is 499 g/mol. The van der Waals surface area contributed by atoms with Crippen molar-refractivity contribution in [3.63, 3.8) is 0 Å². The lowest BCUT2D eigenvalue weighted by atomic mass is 9.99. The smallest absolute Gasteiger partial charge is 0.321 e. The Labute approximate surface area is 211 Å². The van der Waals surface area contributed by atoms with Crippen LogP contribution in [0.3, 0.4) is 0 Å². The van der Waals surface area contributed by atoms with Gasteiger partial charge in [-0.1, -0.05) is 6.92 Å². The maximum absolute atomic E-state index is 13.5. The molecule has 0 saturated carbocycles. The summed E-state index contributed by atoms with van der Waals surface area (Å²) in [6.45, 7) is 4.50. The molecule has 3 amide bonds. The summed E-state index contributed by atoms with van der Waals surface area (Å²) in [5.41, 5.74) is 1.90. The minimum atomic E-state index is -0.386. The van der Waals surface area contributed by atoms with Crippen molar-refractivity contribution >= 4 is 23.3 Å². The molecule has 10 nitrogen and oxygen atoms in total. The second kappa shape index (κ2) is 10.5. The van der Waals surface area contributed by atoms with Crippen LogP contribution in [0.15, 0.2) is 36.4 Å². The van der Waals surface area contributed by atoms with E-state index in [1.807, 2.05) is 38.9 Å². The number of urea groups is 1. The van der Waals surface area contributed by atoms with Crippen LogP contribution in [0.2, 0.25) is 0 Å². The minimum Gasteiger partial charge on any atom is -0.487 e. The van der Waals surface area contributed by atoms with E-state index in [0.29, 0.717) is 41.6 Å². The Morgan fingerprint density at radius 2 is 1.86 bits per heavy atom. The predicted octanol–water partition coefficient (Wildman–Crippen LogP) is 2.87. The average Bonchev–Trinajstić information content (AvgIpc) is 3.33. The Kier molecular flexibility index (Phi) is 7.44. The number of aliphatic hydroxyl groups excluding tert-OH is 1. The second-order valence-corrected chi connectivity index (χ2v) is 9.58. The van der Waals surface area contributed by atoms with Crippen molar-refractivity contribution in [1.29, 1.82) is 0 Å². The molecular weight excluding hydrogens is 464 g/mol. The molecule has 2 aromatic carbocycles. The summed E-state index contributed by atoms with van der Waals surface area (Å²) in [5.74, 6) is 1.40. The number of amides is 3. The van der Waals surface area contributed by atoms with Crippen molar-refractivity contribution in [2.45, 2.75) is 26.0 Å². The third kappa shape index (κ3) is 5.28. The van der Waals surface area contributed by atoms with Crippen molar-refractivity contribution in [2.24, 2.45) is 5.92 Å². The molecule has 4 rings (SSSR count). The first-order valence-electron chi connectivity index (χ1n) is 12.0. The fraction of sp³-hybridized carbons (Fsp3) is 0.462. The van der Waals surface area contributed by atoms with E-state index in [1.54, 1.807) is 47.2 Å².